The highest BCUT2D eigenvalue weighted by molar-refractivity contribution is 5.20. The van der Waals surface area contributed by atoms with Crippen LogP contribution in [0.5, 0.6) is 0 Å². The summed E-state index contributed by atoms with van der Waals surface area (Å²) in [5.74, 6) is 0.620. The molecule has 1 saturated heterocycles. The van der Waals surface area contributed by atoms with Gasteiger partial charge in [0.1, 0.15) is 0 Å². The third kappa shape index (κ3) is 2.14. The van der Waals surface area contributed by atoms with Crippen LogP contribution in [0.1, 0.15) is 24.3 Å². The molecule has 0 bridgehead atoms. The molecule has 1 heterocycles. The first kappa shape index (κ1) is 9.69. The fourth-order valence-corrected chi connectivity index (χ4v) is 2.17. The molecule has 2 N–H and O–H groups in total. The monoisotopic (exact) mass is 191 g/mol. The van der Waals surface area contributed by atoms with Crippen LogP contribution in [0.15, 0.2) is 30.3 Å². The Kier molecular flexibility index (Phi) is 3.17. The molecule has 0 radical (unpaired) electrons. The zero-order valence-electron chi connectivity index (χ0n) is 8.32. The van der Waals surface area contributed by atoms with Crippen molar-refractivity contribution in [3.8, 4) is 0 Å². The van der Waals surface area contributed by atoms with Crippen LogP contribution in [0.2, 0.25) is 0 Å². The van der Waals surface area contributed by atoms with Gasteiger partial charge in [-0.2, -0.15) is 0 Å². The van der Waals surface area contributed by atoms with E-state index in [1.807, 2.05) is 6.07 Å². The van der Waals surface area contributed by atoms with Crippen molar-refractivity contribution in [3.63, 3.8) is 0 Å². The first-order chi connectivity index (χ1) is 6.90. The molecule has 1 aromatic rings. The Morgan fingerprint density at radius 3 is 2.79 bits per heavy atom. The van der Waals surface area contributed by atoms with E-state index in [-0.39, 0.29) is 12.6 Å². The van der Waals surface area contributed by atoms with Gasteiger partial charge < -0.3 is 10.4 Å². The van der Waals surface area contributed by atoms with Crippen LogP contribution in [0.4, 0.5) is 0 Å². The summed E-state index contributed by atoms with van der Waals surface area (Å²) >= 11 is 0. The largest absolute Gasteiger partial charge is 0.395 e. The van der Waals surface area contributed by atoms with Gasteiger partial charge in [-0.15, -0.1) is 0 Å². The second-order valence-electron chi connectivity index (χ2n) is 3.97. The standard InChI is InChI=1S/C12H17NO/c14-9-12-8-11(6-7-13-12)10-4-2-1-3-5-10/h1-5,11-14H,6-9H2. The maximum Gasteiger partial charge on any atom is 0.0584 e. The number of aliphatic hydroxyl groups excluding tert-OH is 1. The minimum absolute atomic E-state index is 0.253. The first-order valence-electron chi connectivity index (χ1n) is 5.29. The van der Waals surface area contributed by atoms with Crippen LogP contribution in [-0.4, -0.2) is 24.3 Å². The van der Waals surface area contributed by atoms with E-state index in [0.717, 1.165) is 13.0 Å². The summed E-state index contributed by atoms with van der Waals surface area (Å²) in [7, 11) is 0. The lowest BCUT2D eigenvalue weighted by Crippen LogP contribution is -2.39. The van der Waals surface area contributed by atoms with E-state index in [2.05, 4.69) is 29.6 Å². The predicted octanol–water partition coefficient (Wildman–Crippen LogP) is 1.51. The average molecular weight is 191 g/mol. The zero-order chi connectivity index (χ0) is 9.80. The molecule has 14 heavy (non-hydrogen) atoms. The molecule has 2 unspecified atom stereocenters. The summed E-state index contributed by atoms with van der Waals surface area (Å²) in [4.78, 5) is 0. The van der Waals surface area contributed by atoms with Crippen molar-refractivity contribution in [2.24, 2.45) is 0 Å². The maximum atomic E-state index is 9.09. The number of benzene rings is 1. The average Bonchev–Trinajstić information content (AvgIpc) is 2.30. The molecule has 0 aliphatic carbocycles. The molecule has 1 fully saturated rings. The highest BCUT2D eigenvalue weighted by Gasteiger charge is 2.21. The second-order valence-corrected chi connectivity index (χ2v) is 3.97. The molecule has 2 nitrogen and oxygen atoms in total. The molecule has 1 aliphatic heterocycles. The first-order valence-corrected chi connectivity index (χ1v) is 5.29. The second kappa shape index (κ2) is 4.58. The Morgan fingerprint density at radius 1 is 1.29 bits per heavy atom. The predicted molar refractivity (Wildman–Crippen MR) is 57.3 cm³/mol. The quantitative estimate of drug-likeness (QED) is 0.742. The molecule has 76 valence electrons. The third-order valence-electron chi connectivity index (χ3n) is 2.99. The van der Waals surface area contributed by atoms with Crippen LogP contribution in [-0.2, 0) is 0 Å². The van der Waals surface area contributed by atoms with Gasteiger partial charge in [0.05, 0.1) is 6.61 Å². The molecule has 2 heteroatoms. The van der Waals surface area contributed by atoms with Gasteiger partial charge in [0, 0.05) is 6.04 Å². The van der Waals surface area contributed by atoms with E-state index < -0.39 is 0 Å². The lowest BCUT2D eigenvalue weighted by Gasteiger charge is -2.29. The van der Waals surface area contributed by atoms with Crippen LogP contribution in [0.3, 0.4) is 0 Å². The van der Waals surface area contributed by atoms with Crippen LogP contribution >= 0.6 is 0 Å². The van der Waals surface area contributed by atoms with Crippen molar-refractivity contribution in [2.75, 3.05) is 13.2 Å². The van der Waals surface area contributed by atoms with E-state index in [0.29, 0.717) is 5.92 Å². The van der Waals surface area contributed by atoms with Crippen molar-refractivity contribution < 1.29 is 5.11 Å². The van der Waals surface area contributed by atoms with Gasteiger partial charge in [0.15, 0.2) is 0 Å². The van der Waals surface area contributed by atoms with Crippen molar-refractivity contribution in [1.29, 1.82) is 0 Å². The molecular formula is C12H17NO. The minimum atomic E-state index is 0.253. The fourth-order valence-electron chi connectivity index (χ4n) is 2.17. The Morgan fingerprint density at radius 2 is 2.07 bits per heavy atom. The number of hydrogen-bond acceptors (Lipinski definition) is 2. The zero-order valence-corrected chi connectivity index (χ0v) is 8.32. The van der Waals surface area contributed by atoms with E-state index >= 15 is 0 Å². The summed E-state index contributed by atoms with van der Waals surface area (Å²) in [6.45, 7) is 1.27. The van der Waals surface area contributed by atoms with Gasteiger partial charge in [-0.3, -0.25) is 0 Å². The molecule has 1 aliphatic rings. The molecule has 1 aromatic carbocycles. The van der Waals surface area contributed by atoms with Crippen LogP contribution < -0.4 is 5.32 Å². The topological polar surface area (TPSA) is 32.3 Å². The normalized spacial score (nSPS) is 27.5. The van der Waals surface area contributed by atoms with Gasteiger partial charge >= 0.3 is 0 Å². The molecule has 2 rings (SSSR count). The lowest BCUT2D eigenvalue weighted by molar-refractivity contribution is 0.210. The Hall–Kier alpha value is -0.860. The molecule has 0 spiro atoms. The van der Waals surface area contributed by atoms with Crippen molar-refractivity contribution in [3.05, 3.63) is 35.9 Å². The van der Waals surface area contributed by atoms with E-state index in [1.165, 1.54) is 12.0 Å². The number of piperidine rings is 1. The number of nitrogens with one attached hydrogen (secondary N) is 1. The smallest absolute Gasteiger partial charge is 0.0584 e. The van der Waals surface area contributed by atoms with Crippen molar-refractivity contribution in [1.82, 2.24) is 5.32 Å². The third-order valence-corrected chi connectivity index (χ3v) is 2.99. The minimum Gasteiger partial charge on any atom is -0.395 e. The maximum absolute atomic E-state index is 9.09. The van der Waals surface area contributed by atoms with E-state index in [1.54, 1.807) is 0 Å². The number of hydrogen-bond donors (Lipinski definition) is 2. The molecule has 0 amide bonds. The fraction of sp³-hybridized carbons (Fsp3) is 0.500. The van der Waals surface area contributed by atoms with Crippen molar-refractivity contribution in [2.45, 2.75) is 24.8 Å². The molecular weight excluding hydrogens is 174 g/mol. The molecule has 2 atom stereocenters. The van der Waals surface area contributed by atoms with Gasteiger partial charge in [0.2, 0.25) is 0 Å². The van der Waals surface area contributed by atoms with Crippen LogP contribution in [0.25, 0.3) is 0 Å². The van der Waals surface area contributed by atoms with Gasteiger partial charge in [-0.1, -0.05) is 30.3 Å². The SMILES string of the molecule is OCC1CC(c2ccccc2)CCN1. The Balaban J connectivity index is 2.04. The summed E-state index contributed by atoms with van der Waals surface area (Å²) < 4.78 is 0. The highest BCUT2D eigenvalue weighted by atomic mass is 16.3. The van der Waals surface area contributed by atoms with E-state index in [9.17, 15) is 0 Å². The summed E-state index contributed by atoms with van der Waals surface area (Å²) in [6.07, 6.45) is 2.24. The van der Waals surface area contributed by atoms with E-state index in [4.69, 9.17) is 5.11 Å². The van der Waals surface area contributed by atoms with Crippen molar-refractivity contribution >= 4 is 0 Å². The van der Waals surface area contributed by atoms with Gasteiger partial charge in [-0.25, -0.2) is 0 Å². The highest BCUT2D eigenvalue weighted by Crippen LogP contribution is 2.27. The number of aliphatic hydroxyl groups is 1. The molecule has 0 aromatic heterocycles. The number of rotatable bonds is 2. The molecule has 0 saturated carbocycles. The summed E-state index contributed by atoms with van der Waals surface area (Å²) in [5, 5.41) is 12.4. The van der Waals surface area contributed by atoms with Gasteiger partial charge in [-0.05, 0) is 30.9 Å². The Bertz CT molecular complexity index is 273. The summed E-state index contributed by atoms with van der Waals surface area (Å²) in [6, 6.07) is 10.9. The van der Waals surface area contributed by atoms with Gasteiger partial charge in [0.25, 0.3) is 0 Å². The Labute approximate surface area is 85.0 Å². The summed E-state index contributed by atoms with van der Waals surface area (Å²) in [5.41, 5.74) is 1.41. The van der Waals surface area contributed by atoms with Crippen LogP contribution in [0, 0.1) is 0 Å². The lowest BCUT2D eigenvalue weighted by atomic mass is 9.87.